The lowest BCUT2D eigenvalue weighted by Crippen LogP contribution is -2.43. The number of carbonyl (C=O) groups excluding carboxylic acids is 1. The summed E-state index contributed by atoms with van der Waals surface area (Å²) in [7, 11) is 0. The van der Waals surface area contributed by atoms with Gasteiger partial charge in [-0.25, -0.2) is 24.2 Å². The van der Waals surface area contributed by atoms with Gasteiger partial charge in [-0.05, 0) is 43.3 Å². The Morgan fingerprint density at radius 2 is 1.94 bits per heavy atom. The Morgan fingerprint density at radius 3 is 2.68 bits per heavy atom. The summed E-state index contributed by atoms with van der Waals surface area (Å²) in [5.74, 6) is -0.974. The minimum absolute atomic E-state index is 0.166. The van der Waals surface area contributed by atoms with E-state index < -0.39 is 11.7 Å². The van der Waals surface area contributed by atoms with E-state index in [9.17, 15) is 13.6 Å². The van der Waals surface area contributed by atoms with Gasteiger partial charge in [-0.15, -0.1) is 0 Å². The van der Waals surface area contributed by atoms with Crippen LogP contribution in [0.25, 0.3) is 17.0 Å². The number of nitrogens with one attached hydrogen (secondary N) is 2. The van der Waals surface area contributed by atoms with Gasteiger partial charge in [0, 0.05) is 42.3 Å². The van der Waals surface area contributed by atoms with Crippen LogP contribution in [0.5, 0.6) is 0 Å². The van der Waals surface area contributed by atoms with Crippen molar-refractivity contribution in [2.75, 3.05) is 13.1 Å². The Bertz CT molecular complexity index is 1100. The molecule has 0 radical (unpaired) electrons. The molecule has 0 saturated heterocycles. The van der Waals surface area contributed by atoms with Gasteiger partial charge >= 0.3 is 0 Å². The number of benzene rings is 1. The average molecular weight is 422 g/mol. The van der Waals surface area contributed by atoms with Gasteiger partial charge in [0.2, 0.25) is 0 Å². The molecular weight excluding hydrogens is 402 g/mol. The molecule has 1 aliphatic rings. The van der Waals surface area contributed by atoms with Crippen LogP contribution in [-0.2, 0) is 0 Å². The van der Waals surface area contributed by atoms with Crippen LogP contribution in [0, 0.1) is 11.6 Å². The normalized spacial score (nSPS) is 14.3. The molecule has 1 amide bonds. The van der Waals surface area contributed by atoms with Gasteiger partial charge in [-0.3, -0.25) is 9.78 Å². The number of amides is 1. The zero-order valence-electron chi connectivity index (χ0n) is 16.7. The standard InChI is InChI=1S/C22H20F2N6O/c1-14(12-30-13-15(10-28-30)20-6-4-17(24)11-27-20)29-22(31)19-9-16(23)3-5-18(19)21-25-7-2-8-26-21/h2-9,11,13-14,28H,10,12H2,1H3,(H,29,31)/t14-/m0/s1. The quantitative estimate of drug-likeness (QED) is 0.636. The molecule has 31 heavy (non-hydrogen) atoms. The monoisotopic (exact) mass is 422 g/mol. The fourth-order valence-electron chi connectivity index (χ4n) is 3.29. The molecule has 1 aliphatic heterocycles. The fourth-order valence-corrected chi connectivity index (χ4v) is 3.29. The van der Waals surface area contributed by atoms with Crippen molar-refractivity contribution in [3.8, 4) is 11.4 Å². The van der Waals surface area contributed by atoms with Crippen molar-refractivity contribution < 1.29 is 13.6 Å². The fraction of sp³-hybridized carbons (Fsp3) is 0.182. The zero-order valence-corrected chi connectivity index (χ0v) is 16.7. The third-order valence-electron chi connectivity index (χ3n) is 4.72. The van der Waals surface area contributed by atoms with Crippen molar-refractivity contribution >= 4 is 11.5 Å². The highest BCUT2D eigenvalue weighted by Gasteiger charge is 2.20. The summed E-state index contributed by atoms with van der Waals surface area (Å²) in [6.07, 6.45) is 6.17. The van der Waals surface area contributed by atoms with E-state index in [1.54, 1.807) is 24.5 Å². The maximum Gasteiger partial charge on any atom is 0.252 e. The van der Waals surface area contributed by atoms with E-state index >= 15 is 0 Å². The Morgan fingerprint density at radius 1 is 1.16 bits per heavy atom. The third-order valence-corrected chi connectivity index (χ3v) is 4.72. The number of hydrogen-bond acceptors (Lipinski definition) is 6. The average Bonchev–Trinajstić information content (AvgIpc) is 3.23. The number of pyridine rings is 1. The lowest BCUT2D eigenvalue weighted by atomic mass is 10.1. The van der Waals surface area contributed by atoms with E-state index in [1.807, 2.05) is 18.1 Å². The van der Waals surface area contributed by atoms with Crippen LogP contribution < -0.4 is 10.7 Å². The van der Waals surface area contributed by atoms with Gasteiger partial charge < -0.3 is 10.3 Å². The summed E-state index contributed by atoms with van der Waals surface area (Å²) in [6, 6.07) is 8.34. The molecule has 0 saturated carbocycles. The molecular formula is C22H20F2N6O. The number of aromatic nitrogens is 3. The molecule has 3 heterocycles. The Hall–Kier alpha value is -3.72. The van der Waals surface area contributed by atoms with E-state index in [4.69, 9.17) is 0 Å². The van der Waals surface area contributed by atoms with Crippen LogP contribution in [0.1, 0.15) is 23.0 Å². The van der Waals surface area contributed by atoms with Crippen molar-refractivity contribution in [1.82, 2.24) is 30.7 Å². The molecule has 0 bridgehead atoms. The highest BCUT2D eigenvalue weighted by molar-refractivity contribution is 6.00. The molecule has 7 nitrogen and oxygen atoms in total. The number of carbonyl (C=O) groups is 1. The summed E-state index contributed by atoms with van der Waals surface area (Å²) < 4.78 is 26.9. The molecule has 1 atom stereocenters. The van der Waals surface area contributed by atoms with E-state index in [2.05, 4.69) is 25.7 Å². The second-order valence-electron chi connectivity index (χ2n) is 7.14. The van der Waals surface area contributed by atoms with Crippen LogP contribution in [0.3, 0.4) is 0 Å². The first-order valence-electron chi connectivity index (χ1n) is 9.70. The van der Waals surface area contributed by atoms with Gasteiger partial charge in [-0.1, -0.05) is 0 Å². The summed E-state index contributed by atoms with van der Waals surface area (Å²) in [4.78, 5) is 25.3. The summed E-state index contributed by atoms with van der Waals surface area (Å²) in [6.45, 7) is 2.85. The molecule has 158 valence electrons. The van der Waals surface area contributed by atoms with Gasteiger partial charge in [0.15, 0.2) is 5.82 Å². The molecule has 0 fully saturated rings. The molecule has 3 aromatic rings. The van der Waals surface area contributed by atoms with Crippen LogP contribution in [-0.4, -0.2) is 45.0 Å². The van der Waals surface area contributed by atoms with E-state index in [1.165, 1.54) is 30.5 Å². The minimum atomic E-state index is -0.516. The smallest absolute Gasteiger partial charge is 0.252 e. The van der Waals surface area contributed by atoms with E-state index in [0.29, 0.717) is 30.2 Å². The molecule has 1 aromatic carbocycles. The van der Waals surface area contributed by atoms with Gasteiger partial charge in [0.05, 0.1) is 24.0 Å². The predicted molar refractivity (Wildman–Crippen MR) is 111 cm³/mol. The molecule has 0 spiro atoms. The van der Waals surface area contributed by atoms with Gasteiger partial charge in [0.25, 0.3) is 5.91 Å². The molecule has 2 aromatic heterocycles. The Balaban J connectivity index is 1.44. The zero-order chi connectivity index (χ0) is 21.8. The molecule has 2 N–H and O–H groups in total. The molecule has 0 aliphatic carbocycles. The predicted octanol–water partition coefficient (Wildman–Crippen LogP) is 2.80. The summed E-state index contributed by atoms with van der Waals surface area (Å²) in [5, 5.41) is 4.72. The van der Waals surface area contributed by atoms with E-state index in [0.717, 1.165) is 5.57 Å². The highest BCUT2D eigenvalue weighted by Crippen LogP contribution is 2.21. The first-order valence-corrected chi connectivity index (χ1v) is 9.70. The first kappa shape index (κ1) is 20.5. The summed E-state index contributed by atoms with van der Waals surface area (Å²) in [5.41, 5.74) is 5.40. The Kier molecular flexibility index (Phi) is 5.94. The lowest BCUT2D eigenvalue weighted by Gasteiger charge is -2.22. The second kappa shape index (κ2) is 8.97. The lowest BCUT2D eigenvalue weighted by molar-refractivity contribution is 0.0931. The maximum atomic E-state index is 13.8. The van der Waals surface area contributed by atoms with Crippen molar-refractivity contribution in [3.63, 3.8) is 0 Å². The largest absolute Gasteiger partial charge is 0.348 e. The number of rotatable bonds is 6. The third kappa shape index (κ3) is 4.89. The topological polar surface area (TPSA) is 83.0 Å². The number of nitrogens with zero attached hydrogens (tertiary/aromatic N) is 4. The van der Waals surface area contributed by atoms with Gasteiger partial charge in [0.1, 0.15) is 11.6 Å². The van der Waals surface area contributed by atoms with Crippen LogP contribution in [0.15, 0.2) is 61.2 Å². The van der Waals surface area contributed by atoms with Crippen molar-refractivity contribution in [2.45, 2.75) is 13.0 Å². The van der Waals surface area contributed by atoms with Crippen LogP contribution in [0.4, 0.5) is 8.78 Å². The van der Waals surface area contributed by atoms with Crippen molar-refractivity contribution in [3.05, 3.63) is 84.1 Å². The van der Waals surface area contributed by atoms with Crippen molar-refractivity contribution in [1.29, 1.82) is 0 Å². The minimum Gasteiger partial charge on any atom is -0.348 e. The highest BCUT2D eigenvalue weighted by atomic mass is 19.1. The van der Waals surface area contributed by atoms with Crippen molar-refractivity contribution in [2.24, 2.45) is 0 Å². The van der Waals surface area contributed by atoms with Crippen LogP contribution >= 0.6 is 0 Å². The summed E-state index contributed by atoms with van der Waals surface area (Å²) >= 11 is 0. The molecule has 0 unspecified atom stereocenters. The van der Waals surface area contributed by atoms with E-state index in [-0.39, 0.29) is 17.4 Å². The molecule has 4 rings (SSSR count). The maximum absolute atomic E-state index is 13.8. The SMILES string of the molecule is C[C@@H](CN1C=C(c2ccc(F)cn2)CN1)NC(=O)c1cc(F)ccc1-c1ncccn1. The van der Waals surface area contributed by atoms with Crippen LogP contribution in [0.2, 0.25) is 0 Å². The number of hydrogen-bond donors (Lipinski definition) is 2. The van der Waals surface area contributed by atoms with Gasteiger partial charge in [-0.2, -0.15) is 0 Å². The first-order chi connectivity index (χ1) is 15.0. The second-order valence-corrected chi connectivity index (χ2v) is 7.14. The molecule has 9 heteroatoms. The number of halogens is 2. The number of hydrazine groups is 1. The Labute approximate surface area is 177 Å².